The van der Waals surface area contributed by atoms with Crippen molar-refractivity contribution >= 4 is 5.91 Å². The number of nitriles is 1. The van der Waals surface area contributed by atoms with Crippen LogP contribution in [0.5, 0.6) is 0 Å². The first-order chi connectivity index (χ1) is 14.4. The topological polar surface area (TPSA) is 76.6 Å². The highest BCUT2D eigenvalue weighted by Crippen LogP contribution is 2.39. The fourth-order valence-electron chi connectivity index (χ4n) is 5.39. The summed E-state index contributed by atoms with van der Waals surface area (Å²) in [5.41, 5.74) is 8.22. The molecule has 0 spiro atoms. The van der Waals surface area contributed by atoms with Gasteiger partial charge in [0.1, 0.15) is 11.9 Å². The van der Waals surface area contributed by atoms with Crippen LogP contribution < -0.4 is 5.73 Å². The van der Waals surface area contributed by atoms with Gasteiger partial charge in [-0.3, -0.25) is 9.69 Å². The lowest BCUT2D eigenvalue weighted by molar-refractivity contribution is -0.139. The zero-order chi connectivity index (χ0) is 21.4. The van der Waals surface area contributed by atoms with Crippen molar-refractivity contribution in [3.05, 3.63) is 47.9 Å². The van der Waals surface area contributed by atoms with Crippen LogP contribution in [0.3, 0.4) is 0 Å². The molecule has 1 aromatic rings. The molecule has 3 fully saturated rings. The predicted octanol–water partition coefficient (Wildman–Crippen LogP) is 2.39. The number of fused-ring (bicyclic) bond motifs is 2. The Kier molecular flexibility index (Phi) is 5.81. The first-order valence-electron chi connectivity index (χ1n) is 10.9. The molecule has 0 saturated carbocycles. The first-order valence-corrected chi connectivity index (χ1v) is 10.9. The van der Waals surface area contributed by atoms with Gasteiger partial charge in [0.15, 0.2) is 0 Å². The lowest BCUT2D eigenvalue weighted by atomic mass is 10.0. The van der Waals surface area contributed by atoms with Crippen LogP contribution in [0.2, 0.25) is 0 Å². The Bertz CT molecular complexity index is 850. The number of piperazine rings is 1. The predicted molar refractivity (Wildman–Crippen MR) is 113 cm³/mol. The minimum absolute atomic E-state index is 0.0279. The summed E-state index contributed by atoms with van der Waals surface area (Å²) in [6.45, 7) is 8.40. The Balaban J connectivity index is 1.41. The van der Waals surface area contributed by atoms with Gasteiger partial charge in [-0.25, -0.2) is 4.39 Å². The van der Waals surface area contributed by atoms with E-state index in [9.17, 15) is 14.4 Å². The number of halogens is 1. The van der Waals surface area contributed by atoms with Gasteiger partial charge in [-0.15, -0.1) is 0 Å². The van der Waals surface area contributed by atoms with Crippen LogP contribution in [0.1, 0.15) is 44.2 Å². The minimum Gasteiger partial charge on any atom is -0.358 e. The van der Waals surface area contributed by atoms with E-state index in [0.717, 1.165) is 50.0 Å². The van der Waals surface area contributed by atoms with Gasteiger partial charge in [0.05, 0.1) is 24.2 Å². The maximum atomic E-state index is 13.3. The van der Waals surface area contributed by atoms with Crippen LogP contribution in [0.4, 0.5) is 4.39 Å². The van der Waals surface area contributed by atoms with Crippen LogP contribution in [0, 0.1) is 17.1 Å². The van der Waals surface area contributed by atoms with Crippen LogP contribution in [-0.2, 0) is 4.79 Å². The first kappa shape index (κ1) is 20.8. The Morgan fingerprint density at radius 3 is 2.77 bits per heavy atom. The third-order valence-electron chi connectivity index (χ3n) is 6.92. The van der Waals surface area contributed by atoms with E-state index < -0.39 is 0 Å². The molecule has 30 heavy (non-hydrogen) atoms. The van der Waals surface area contributed by atoms with Gasteiger partial charge in [-0.05, 0) is 43.4 Å². The molecule has 0 radical (unpaired) electrons. The van der Waals surface area contributed by atoms with Gasteiger partial charge in [0, 0.05) is 31.4 Å². The molecule has 6 nitrogen and oxygen atoms in total. The van der Waals surface area contributed by atoms with Crippen molar-refractivity contribution in [2.24, 2.45) is 5.73 Å². The molecule has 0 aromatic heterocycles. The Morgan fingerprint density at radius 2 is 2.13 bits per heavy atom. The number of rotatable bonds is 7. The number of hydrogen-bond donors (Lipinski definition) is 1. The molecule has 5 atom stereocenters. The summed E-state index contributed by atoms with van der Waals surface area (Å²) in [4.78, 5) is 19.4. The molecule has 3 heterocycles. The minimum atomic E-state index is -0.293. The zero-order valence-electron chi connectivity index (χ0n) is 17.5. The van der Waals surface area contributed by atoms with Crippen molar-refractivity contribution in [2.45, 2.75) is 62.8 Å². The van der Waals surface area contributed by atoms with E-state index in [0.29, 0.717) is 6.54 Å². The van der Waals surface area contributed by atoms with Gasteiger partial charge in [0.25, 0.3) is 0 Å². The molecular formula is C23H30FN5O. The highest BCUT2D eigenvalue weighted by atomic mass is 19.1. The molecule has 3 aliphatic rings. The van der Waals surface area contributed by atoms with E-state index in [-0.39, 0.29) is 41.9 Å². The van der Waals surface area contributed by atoms with Gasteiger partial charge in [0.2, 0.25) is 5.91 Å². The molecule has 4 rings (SSSR count). The number of carbonyl (C=O) groups excluding carboxylic acids is 1. The van der Waals surface area contributed by atoms with Crippen LogP contribution in [0.15, 0.2) is 36.5 Å². The molecule has 3 aliphatic heterocycles. The summed E-state index contributed by atoms with van der Waals surface area (Å²) >= 11 is 0. The lowest BCUT2D eigenvalue weighted by Gasteiger charge is -2.40. The van der Waals surface area contributed by atoms with Gasteiger partial charge >= 0.3 is 0 Å². The summed E-state index contributed by atoms with van der Waals surface area (Å²) in [6.07, 6.45) is 3.43. The normalized spacial score (nSPS) is 28.1. The molecule has 1 aromatic carbocycles. The maximum Gasteiger partial charge on any atom is 0.240 e. The lowest BCUT2D eigenvalue weighted by Crippen LogP contribution is -2.54. The molecule has 3 saturated heterocycles. The Labute approximate surface area is 177 Å². The zero-order valence-corrected chi connectivity index (χ0v) is 17.5. The van der Waals surface area contributed by atoms with Gasteiger partial charge in [-0.2, -0.15) is 5.26 Å². The number of hydrogen-bond acceptors (Lipinski definition) is 5. The van der Waals surface area contributed by atoms with Gasteiger partial charge in [-0.1, -0.05) is 25.6 Å². The monoisotopic (exact) mass is 411 g/mol. The molecule has 160 valence electrons. The van der Waals surface area contributed by atoms with E-state index in [1.807, 2.05) is 9.80 Å². The third-order valence-corrected chi connectivity index (χ3v) is 6.92. The summed E-state index contributed by atoms with van der Waals surface area (Å²) in [5, 5.41) is 9.33. The molecule has 1 amide bonds. The van der Waals surface area contributed by atoms with Crippen molar-refractivity contribution in [1.29, 1.82) is 5.26 Å². The average molecular weight is 412 g/mol. The molecule has 7 heteroatoms. The summed E-state index contributed by atoms with van der Waals surface area (Å²) in [5.74, 6) is -0.129. The van der Waals surface area contributed by atoms with Gasteiger partial charge < -0.3 is 15.5 Å². The number of nitrogens with zero attached hydrogens (tertiary/aromatic N) is 4. The molecule has 3 unspecified atom stereocenters. The third kappa shape index (κ3) is 3.59. The maximum absolute atomic E-state index is 13.3. The number of likely N-dealkylation sites (tertiary alicyclic amines) is 3. The standard InChI is InChI=1S/C23H30FN5O/c1-3-21(16-6-8-17(24)9-7-16)29-19-11-22(23(29)30)27(13-19)14-20(26)15(2)28-10-4-5-18(28)12-25/h6-9,18-22H,2-5,10-11,13-14,26H2,1H3/t18?,19-,20?,21-,22?/m0/s1. The van der Waals surface area contributed by atoms with Crippen molar-refractivity contribution in [1.82, 2.24) is 14.7 Å². The van der Waals surface area contributed by atoms with E-state index in [1.54, 1.807) is 12.1 Å². The summed E-state index contributed by atoms with van der Waals surface area (Å²) in [7, 11) is 0. The van der Waals surface area contributed by atoms with E-state index >= 15 is 0 Å². The Hall–Kier alpha value is -2.43. The largest absolute Gasteiger partial charge is 0.358 e. The average Bonchev–Trinajstić information content (AvgIpc) is 3.45. The SMILES string of the molecule is C=C(C(N)CN1C[C@@H]2CC1C(=O)N2[C@@H](CC)c1ccc(F)cc1)N1CCCC1C#N. The summed E-state index contributed by atoms with van der Waals surface area (Å²) in [6, 6.07) is 8.34. The van der Waals surface area contributed by atoms with E-state index in [2.05, 4.69) is 24.5 Å². The van der Waals surface area contributed by atoms with Crippen molar-refractivity contribution < 1.29 is 9.18 Å². The smallest absolute Gasteiger partial charge is 0.240 e. The highest BCUT2D eigenvalue weighted by Gasteiger charge is 2.51. The molecule has 0 aliphatic carbocycles. The second-order valence-corrected chi connectivity index (χ2v) is 8.66. The van der Waals surface area contributed by atoms with E-state index in [1.165, 1.54) is 12.1 Å². The Morgan fingerprint density at radius 1 is 1.40 bits per heavy atom. The second-order valence-electron chi connectivity index (χ2n) is 8.66. The number of nitrogens with two attached hydrogens (primary N) is 1. The van der Waals surface area contributed by atoms with Crippen LogP contribution in [0.25, 0.3) is 0 Å². The van der Waals surface area contributed by atoms with Crippen LogP contribution >= 0.6 is 0 Å². The van der Waals surface area contributed by atoms with Crippen molar-refractivity contribution in [3.8, 4) is 6.07 Å². The van der Waals surface area contributed by atoms with Crippen molar-refractivity contribution in [2.75, 3.05) is 19.6 Å². The number of benzene rings is 1. The van der Waals surface area contributed by atoms with Crippen molar-refractivity contribution in [3.63, 3.8) is 0 Å². The summed E-state index contributed by atoms with van der Waals surface area (Å²) < 4.78 is 13.3. The quantitative estimate of drug-likeness (QED) is 0.746. The molecule has 2 bridgehead atoms. The second kappa shape index (κ2) is 8.37. The molecule has 2 N–H and O–H groups in total. The fourth-order valence-corrected chi connectivity index (χ4v) is 5.39. The highest BCUT2D eigenvalue weighted by molar-refractivity contribution is 5.86. The number of carbonyl (C=O) groups is 1. The van der Waals surface area contributed by atoms with Crippen LogP contribution in [-0.4, -0.2) is 64.4 Å². The number of amides is 1. The fraction of sp³-hybridized carbons (Fsp3) is 0.565. The van der Waals surface area contributed by atoms with E-state index in [4.69, 9.17) is 5.73 Å². The molecular weight excluding hydrogens is 381 g/mol.